The molecule has 0 bridgehead atoms. The van der Waals surface area contributed by atoms with Crippen LogP contribution in [0.1, 0.15) is 32.4 Å². The van der Waals surface area contributed by atoms with Crippen molar-refractivity contribution in [1.82, 2.24) is 15.5 Å². The first kappa shape index (κ1) is 21.5. The molecular formula is C16H28ClIN4. The minimum Gasteiger partial charge on any atom is -0.357 e. The Morgan fingerprint density at radius 1 is 1.18 bits per heavy atom. The highest BCUT2D eigenvalue weighted by Crippen LogP contribution is 2.26. The molecule has 2 N–H and O–H groups in total. The van der Waals surface area contributed by atoms with Gasteiger partial charge in [-0.05, 0) is 31.6 Å². The second-order valence-electron chi connectivity index (χ2n) is 4.74. The molecule has 1 atom stereocenters. The van der Waals surface area contributed by atoms with Crippen molar-refractivity contribution in [2.45, 2.75) is 26.8 Å². The predicted octanol–water partition coefficient (Wildman–Crippen LogP) is 3.53. The van der Waals surface area contributed by atoms with Crippen LogP contribution in [0.15, 0.2) is 29.3 Å². The first-order chi connectivity index (χ1) is 10.2. The number of nitrogens with one attached hydrogen (secondary N) is 2. The van der Waals surface area contributed by atoms with E-state index in [4.69, 9.17) is 11.6 Å². The average Bonchev–Trinajstić information content (AvgIpc) is 2.51. The van der Waals surface area contributed by atoms with E-state index >= 15 is 0 Å². The third-order valence-electron chi connectivity index (χ3n) is 3.55. The first-order valence-electron chi connectivity index (χ1n) is 7.60. The Kier molecular flexibility index (Phi) is 11.7. The summed E-state index contributed by atoms with van der Waals surface area (Å²) in [7, 11) is 1.78. The fourth-order valence-corrected chi connectivity index (χ4v) is 2.69. The quantitative estimate of drug-likeness (QED) is 0.389. The normalized spacial score (nSPS) is 12.7. The summed E-state index contributed by atoms with van der Waals surface area (Å²) < 4.78 is 0. The van der Waals surface area contributed by atoms with Gasteiger partial charge in [0.2, 0.25) is 0 Å². The van der Waals surface area contributed by atoms with Crippen molar-refractivity contribution in [3.63, 3.8) is 0 Å². The van der Waals surface area contributed by atoms with E-state index in [1.54, 1.807) is 7.05 Å². The third kappa shape index (κ3) is 6.30. The Bertz CT molecular complexity index is 450. The molecule has 0 saturated carbocycles. The van der Waals surface area contributed by atoms with Crippen LogP contribution in [0.4, 0.5) is 0 Å². The molecule has 0 heterocycles. The molecule has 0 aromatic heterocycles. The fraction of sp³-hybridized carbons (Fsp3) is 0.562. The van der Waals surface area contributed by atoms with E-state index in [0.29, 0.717) is 0 Å². The van der Waals surface area contributed by atoms with Crippen molar-refractivity contribution < 1.29 is 0 Å². The van der Waals surface area contributed by atoms with Crippen LogP contribution in [0.5, 0.6) is 0 Å². The molecule has 0 aliphatic rings. The maximum atomic E-state index is 6.39. The van der Waals surface area contributed by atoms with E-state index in [1.165, 1.54) is 0 Å². The Balaban J connectivity index is 0.00000441. The van der Waals surface area contributed by atoms with Crippen molar-refractivity contribution in [2.24, 2.45) is 4.99 Å². The lowest BCUT2D eigenvalue weighted by atomic mass is 10.0. The summed E-state index contributed by atoms with van der Waals surface area (Å²) in [6.45, 7) is 9.98. The van der Waals surface area contributed by atoms with E-state index in [0.717, 1.165) is 42.7 Å². The van der Waals surface area contributed by atoms with E-state index in [2.05, 4.69) is 47.4 Å². The molecule has 0 radical (unpaired) electrons. The molecule has 22 heavy (non-hydrogen) atoms. The van der Waals surface area contributed by atoms with Crippen LogP contribution in [0.2, 0.25) is 5.02 Å². The summed E-state index contributed by atoms with van der Waals surface area (Å²) in [5.74, 6) is 0.821. The van der Waals surface area contributed by atoms with Gasteiger partial charge in [-0.1, -0.05) is 43.6 Å². The lowest BCUT2D eigenvalue weighted by Gasteiger charge is -2.31. The zero-order chi connectivity index (χ0) is 15.7. The number of guanidine groups is 1. The van der Waals surface area contributed by atoms with Gasteiger partial charge in [-0.15, -0.1) is 24.0 Å². The van der Waals surface area contributed by atoms with Gasteiger partial charge in [-0.3, -0.25) is 9.89 Å². The Morgan fingerprint density at radius 2 is 1.82 bits per heavy atom. The standard InChI is InChI=1S/C16H27ClN4.HI/c1-5-19-16(18-4)20-12-15(21(6-2)7-3)13-10-8-9-11-14(13)17;/h8-11,15H,5-7,12H2,1-4H3,(H2,18,19,20);1H. The molecule has 0 saturated heterocycles. The summed E-state index contributed by atoms with van der Waals surface area (Å²) in [6, 6.07) is 8.28. The van der Waals surface area contributed by atoms with E-state index in [-0.39, 0.29) is 30.0 Å². The van der Waals surface area contributed by atoms with Gasteiger partial charge in [-0.2, -0.15) is 0 Å². The van der Waals surface area contributed by atoms with Crippen LogP contribution in [-0.4, -0.2) is 44.1 Å². The second-order valence-corrected chi connectivity index (χ2v) is 5.15. The summed E-state index contributed by atoms with van der Waals surface area (Å²) in [6.07, 6.45) is 0. The lowest BCUT2D eigenvalue weighted by molar-refractivity contribution is 0.219. The summed E-state index contributed by atoms with van der Waals surface area (Å²) in [5, 5.41) is 7.41. The van der Waals surface area contributed by atoms with Gasteiger partial charge in [0.25, 0.3) is 0 Å². The highest BCUT2D eigenvalue weighted by molar-refractivity contribution is 14.0. The van der Waals surface area contributed by atoms with Crippen LogP contribution in [0.25, 0.3) is 0 Å². The molecule has 4 nitrogen and oxygen atoms in total. The van der Waals surface area contributed by atoms with E-state index < -0.39 is 0 Å². The smallest absolute Gasteiger partial charge is 0.191 e. The lowest BCUT2D eigenvalue weighted by Crippen LogP contribution is -2.43. The van der Waals surface area contributed by atoms with Gasteiger partial charge in [0, 0.05) is 25.2 Å². The van der Waals surface area contributed by atoms with Crippen LogP contribution in [0, 0.1) is 0 Å². The van der Waals surface area contributed by atoms with Crippen molar-refractivity contribution in [2.75, 3.05) is 33.2 Å². The molecule has 0 spiro atoms. The number of benzene rings is 1. The van der Waals surface area contributed by atoms with Crippen LogP contribution < -0.4 is 10.6 Å². The van der Waals surface area contributed by atoms with Gasteiger partial charge in [0.15, 0.2) is 5.96 Å². The topological polar surface area (TPSA) is 39.7 Å². The van der Waals surface area contributed by atoms with Crippen LogP contribution in [0.3, 0.4) is 0 Å². The maximum Gasteiger partial charge on any atom is 0.191 e. The molecule has 0 amide bonds. The van der Waals surface area contributed by atoms with Crippen molar-refractivity contribution >= 4 is 41.5 Å². The third-order valence-corrected chi connectivity index (χ3v) is 3.89. The first-order valence-corrected chi connectivity index (χ1v) is 7.98. The van der Waals surface area contributed by atoms with Crippen molar-refractivity contribution in [1.29, 1.82) is 0 Å². The fourth-order valence-electron chi connectivity index (χ4n) is 2.43. The number of rotatable bonds is 7. The number of halogens is 2. The minimum absolute atomic E-state index is 0. The molecular weight excluding hydrogens is 411 g/mol. The maximum absolute atomic E-state index is 6.39. The molecule has 0 aliphatic heterocycles. The van der Waals surface area contributed by atoms with Gasteiger partial charge in [0.05, 0.1) is 6.04 Å². The largest absolute Gasteiger partial charge is 0.357 e. The molecule has 126 valence electrons. The number of hydrogen-bond donors (Lipinski definition) is 2. The number of nitrogens with zero attached hydrogens (tertiary/aromatic N) is 2. The molecule has 0 aliphatic carbocycles. The number of hydrogen-bond acceptors (Lipinski definition) is 2. The van der Waals surface area contributed by atoms with Crippen molar-refractivity contribution in [3.8, 4) is 0 Å². The highest BCUT2D eigenvalue weighted by Gasteiger charge is 2.20. The van der Waals surface area contributed by atoms with Crippen LogP contribution >= 0.6 is 35.6 Å². The summed E-state index contributed by atoms with van der Waals surface area (Å²) in [4.78, 5) is 6.62. The van der Waals surface area contributed by atoms with Crippen molar-refractivity contribution in [3.05, 3.63) is 34.9 Å². The van der Waals surface area contributed by atoms with E-state index in [9.17, 15) is 0 Å². The monoisotopic (exact) mass is 438 g/mol. The predicted molar refractivity (Wildman–Crippen MR) is 108 cm³/mol. The van der Waals surface area contributed by atoms with E-state index in [1.807, 2.05) is 18.2 Å². The zero-order valence-corrected chi connectivity index (χ0v) is 17.0. The molecule has 1 unspecified atom stereocenters. The molecule has 1 rings (SSSR count). The highest BCUT2D eigenvalue weighted by atomic mass is 127. The number of aliphatic imine (C=N–C) groups is 1. The molecule has 1 aromatic rings. The van der Waals surface area contributed by atoms with Gasteiger partial charge in [0.1, 0.15) is 0 Å². The SMILES string of the molecule is CCNC(=NC)NCC(c1ccccc1Cl)N(CC)CC.I. The van der Waals surface area contributed by atoms with Crippen LogP contribution in [-0.2, 0) is 0 Å². The summed E-state index contributed by atoms with van der Waals surface area (Å²) in [5.41, 5.74) is 1.15. The Morgan fingerprint density at radius 3 is 2.32 bits per heavy atom. The minimum atomic E-state index is 0. The second kappa shape index (κ2) is 12.0. The molecule has 6 heteroatoms. The Hall–Kier alpha value is -0.530. The molecule has 0 fully saturated rings. The molecule has 1 aromatic carbocycles. The average molecular weight is 439 g/mol. The van der Waals surface area contributed by atoms with Gasteiger partial charge >= 0.3 is 0 Å². The Labute approximate surface area is 156 Å². The summed E-state index contributed by atoms with van der Waals surface area (Å²) >= 11 is 6.39. The van der Waals surface area contributed by atoms with Gasteiger partial charge in [-0.25, -0.2) is 0 Å². The zero-order valence-electron chi connectivity index (χ0n) is 13.9. The van der Waals surface area contributed by atoms with Gasteiger partial charge < -0.3 is 10.6 Å². The number of likely N-dealkylation sites (N-methyl/N-ethyl adjacent to an activating group) is 1.